The van der Waals surface area contributed by atoms with E-state index >= 15 is 0 Å². The van der Waals surface area contributed by atoms with E-state index < -0.39 is 11.7 Å². The van der Waals surface area contributed by atoms with Crippen LogP contribution in [0.2, 0.25) is 5.02 Å². The minimum Gasteiger partial charge on any atom is -0.492 e. The van der Waals surface area contributed by atoms with Crippen LogP contribution in [0, 0.1) is 0 Å². The standard InChI is InChI=1S/C24H27ClF3N3O2/c1-3-20(22(30-32-2)29-18-7-5-17(25)6-8-18)31-12-10-23(11-13-31)15-33-21-14-16(24(26,27)28)4-9-19(21)23/h4-9,14,20H,3,10-13,15H2,1-2H3,(H,29,30). The molecule has 1 N–H and O–H groups in total. The van der Waals surface area contributed by atoms with Gasteiger partial charge in [0.2, 0.25) is 0 Å². The van der Waals surface area contributed by atoms with Gasteiger partial charge in [0, 0.05) is 16.0 Å². The molecule has 4 rings (SSSR count). The van der Waals surface area contributed by atoms with Crippen molar-refractivity contribution in [2.45, 2.75) is 43.8 Å². The first-order chi connectivity index (χ1) is 15.8. The average molecular weight is 482 g/mol. The van der Waals surface area contributed by atoms with Crippen LogP contribution in [0.15, 0.2) is 47.5 Å². The van der Waals surface area contributed by atoms with E-state index in [0.29, 0.717) is 23.2 Å². The maximum atomic E-state index is 13.1. The Balaban J connectivity index is 1.51. The van der Waals surface area contributed by atoms with Crippen molar-refractivity contribution in [3.8, 4) is 5.75 Å². The number of rotatable bonds is 5. The molecule has 0 bridgehead atoms. The molecule has 2 aromatic rings. The minimum atomic E-state index is -4.37. The zero-order chi connectivity index (χ0) is 23.6. The highest BCUT2D eigenvalue weighted by molar-refractivity contribution is 6.30. The number of nitrogens with zero attached hydrogens (tertiary/aromatic N) is 2. The van der Waals surface area contributed by atoms with E-state index in [0.717, 1.165) is 55.7 Å². The lowest BCUT2D eigenvalue weighted by Crippen LogP contribution is -2.52. The molecule has 0 aromatic heterocycles. The maximum Gasteiger partial charge on any atom is 0.416 e. The summed E-state index contributed by atoms with van der Waals surface area (Å²) >= 11 is 5.98. The first kappa shape index (κ1) is 23.9. The topological polar surface area (TPSA) is 46.1 Å². The van der Waals surface area contributed by atoms with Gasteiger partial charge in [-0.05, 0) is 68.8 Å². The monoisotopic (exact) mass is 481 g/mol. The van der Waals surface area contributed by atoms with Crippen molar-refractivity contribution in [1.29, 1.82) is 0 Å². The number of hydrogen-bond donors (Lipinski definition) is 1. The minimum absolute atomic E-state index is 0.00683. The van der Waals surface area contributed by atoms with Crippen molar-refractivity contribution in [2.75, 3.05) is 26.8 Å². The van der Waals surface area contributed by atoms with E-state index in [1.165, 1.54) is 0 Å². The second-order valence-corrected chi connectivity index (χ2v) is 8.95. The fourth-order valence-electron chi connectivity index (χ4n) is 4.78. The zero-order valence-electron chi connectivity index (χ0n) is 18.6. The van der Waals surface area contributed by atoms with Gasteiger partial charge in [-0.1, -0.05) is 24.6 Å². The summed E-state index contributed by atoms with van der Waals surface area (Å²) in [4.78, 5) is 12.3. The molecule has 9 heteroatoms. The number of piperidine rings is 1. The second kappa shape index (κ2) is 9.52. The summed E-state index contributed by atoms with van der Waals surface area (Å²) in [6.07, 6.45) is -1.97. The van der Waals surface area contributed by atoms with E-state index in [4.69, 9.17) is 26.2 Å². The molecular formula is C24H27ClF3N3O2. The van der Waals surface area contributed by atoms with Crippen LogP contribution in [0.1, 0.15) is 37.3 Å². The van der Waals surface area contributed by atoms with Gasteiger partial charge >= 0.3 is 6.18 Å². The third kappa shape index (κ3) is 4.98. The Morgan fingerprint density at radius 2 is 1.91 bits per heavy atom. The van der Waals surface area contributed by atoms with E-state index in [1.54, 1.807) is 25.3 Å². The van der Waals surface area contributed by atoms with Crippen molar-refractivity contribution < 1.29 is 22.7 Å². The lowest BCUT2D eigenvalue weighted by molar-refractivity contribution is -0.137. The Morgan fingerprint density at radius 3 is 2.52 bits per heavy atom. The number of amidine groups is 1. The highest BCUT2D eigenvalue weighted by Crippen LogP contribution is 2.47. The van der Waals surface area contributed by atoms with E-state index in [-0.39, 0.29) is 11.5 Å². The Labute approximate surface area is 196 Å². The largest absolute Gasteiger partial charge is 0.492 e. The van der Waals surface area contributed by atoms with Gasteiger partial charge in [-0.25, -0.2) is 4.99 Å². The molecule has 2 aliphatic rings. The van der Waals surface area contributed by atoms with E-state index in [9.17, 15) is 13.2 Å². The number of aliphatic imine (C=N–C) groups is 1. The summed E-state index contributed by atoms with van der Waals surface area (Å²) < 4.78 is 45.0. The van der Waals surface area contributed by atoms with Crippen LogP contribution in [-0.2, 0) is 16.4 Å². The highest BCUT2D eigenvalue weighted by atomic mass is 35.5. The quantitative estimate of drug-likeness (QED) is 0.336. The van der Waals surface area contributed by atoms with Crippen LogP contribution in [0.5, 0.6) is 5.75 Å². The summed E-state index contributed by atoms with van der Waals surface area (Å²) in [5, 5.41) is 0.644. The van der Waals surface area contributed by atoms with Gasteiger partial charge in [-0.3, -0.25) is 15.2 Å². The third-order valence-electron chi connectivity index (χ3n) is 6.57. The molecule has 1 spiro atoms. The second-order valence-electron chi connectivity index (χ2n) is 8.52. The van der Waals surface area contributed by atoms with Gasteiger partial charge in [0.1, 0.15) is 11.6 Å². The Hall–Kier alpha value is -2.29. The van der Waals surface area contributed by atoms with Crippen molar-refractivity contribution >= 4 is 23.1 Å². The van der Waals surface area contributed by atoms with Crippen molar-refractivity contribution in [3.05, 3.63) is 58.6 Å². The lowest BCUT2D eigenvalue weighted by atomic mass is 9.74. The van der Waals surface area contributed by atoms with Crippen LogP contribution in [0.3, 0.4) is 0 Å². The third-order valence-corrected chi connectivity index (χ3v) is 6.82. The molecule has 0 aliphatic carbocycles. The molecule has 1 fully saturated rings. The zero-order valence-corrected chi connectivity index (χ0v) is 19.3. The number of likely N-dealkylation sites (tertiary alicyclic amines) is 1. The molecule has 1 saturated heterocycles. The maximum absolute atomic E-state index is 13.1. The summed E-state index contributed by atoms with van der Waals surface area (Å²) in [6, 6.07) is 11.2. The van der Waals surface area contributed by atoms with Gasteiger partial charge < -0.3 is 4.74 Å². The van der Waals surface area contributed by atoms with Crippen LogP contribution >= 0.6 is 11.6 Å². The van der Waals surface area contributed by atoms with Crippen LogP contribution in [0.25, 0.3) is 0 Å². The summed E-state index contributed by atoms with van der Waals surface area (Å²) in [5.74, 6) is 1.06. The molecule has 0 saturated carbocycles. The van der Waals surface area contributed by atoms with E-state index in [1.807, 2.05) is 12.1 Å². The molecule has 2 aromatic carbocycles. The number of hydroxylamine groups is 1. The molecule has 1 unspecified atom stereocenters. The molecule has 33 heavy (non-hydrogen) atoms. The lowest BCUT2D eigenvalue weighted by Gasteiger charge is -2.42. The van der Waals surface area contributed by atoms with Gasteiger partial charge in [-0.15, -0.1) is 0 Å². The fraction of sp³-hybridized carbons (Fsp3) is 0.458. The summed E-state index contributed by atoms with van der Waals surface area (Å²) in [6.45, 7) is 4.05. The predicted octanol–water partition coefficient (Wildman–Crippen LogP) is 5.74. The first-order valence-electron chi connectivity index (χ1n) is 11.0. The Bertz CT molecular complexity index is 1000. The molecule has 1 atom stereocenters. The number of halogens is 4. The summed E-state index contributed by atoms with van der Waals surface area (Å²) in [5.41, 5.74) is 3.66. The summed E-state index contributed by atoms with van der Waals surface area (Å²) in [7, 11) is 1.55. The van der Waals surface area contributed by atoms with E-state index in [2.05, 4.69) is 17.3 Å². The molecule has 178 valence electrons. The molecule has 0 amide bonds. The predicted molar refractivity (Wildman–Crippen MR) is 122 cm³/mol. The van der Waals surface area contributed by atoms with Crippen molar-refractivity contribution in [2.24, 2.45) is 4.99 Å². The smallest absolute Gasteiger partial charge is 0.416 e. The first-order valence-corrected chi connectivity index (χ1v) is 11.4. The van der Waals surface area contributed by atoms with Gasteiger partial charge in [0.05, 0.1) is 31.0 Å². The number of fused-ring (bicyclic) bond motifs is 2. The number of ether oxygens (including phenoxy) is 1. The molecule has 5 nitrogen and oxygen atoms in total. The molecular weight excluding hydrogens is 455 g/mol. The average Bonchev–Trinajstić information content (AvgIpc) is 3.14. The van der Waals surface area contributed by atoms with Crippen LogP contribution in [-0.4, -0.2) is 43.6 Å². The molecule has 2 aliphatic heterocycles. The van der Waals surface area contributed by atoms with Gasteiger partial charge in [0.25, 0.3) is 0 Å². The van der Waals surface area contributed by atoms with Gasteiger partial charge in [-0.2, -0.15) is 13.2 Å². The van der Waals surface area contributed by atoms with Crippen LogP contribution < -0.4 is 10.2 Å². The molecule has 2 heterocycles. The number of hydrogen-bond acceptors (Lipinski definition) is 4. The Morgan fingerprint density at radius 1 is 1.21 bits per heavy atom. The van der Waals surface area contributed by atoms with Crippen molar-refractivity contribution in [3.63, 3.8) is 0 Å². The van der Waals surface area contributed by atoms with Crippen LogP contribution in [0.4, 0.5) is 18.9 Å². The fourth-order valence-corrected chi connectivity index (χ4v) is 4.90. The Kier molecular flexibility index (Phi) is 6.88. The van der Waals surface area contributed by atoms with Gasteiger partial charge in [0.15, 0.2) is 0 Å². The number of benzene rings is 2. The van der Waals surface area contributed by atoms with Crippen molar-refractivity contribution in [1.82, 2.24) is 10.4 Å². The number of nitrogens with one attached hydrogen (secondary N) is 1. The normalized spacial score (nSPS) is 19.3. The highest BCUT2D eigenvalue weighted by Gasteiger charge is 2.45. The SMILES string of the molecule is CCC(C(=Nc1ccc(Cl)cc1)NOC)N1CCC2(CC1)COc1cc(C(F)(F)F)ccc12. The molecule has 0 radical (unpaired) electrons. The number of alkyl halides is 3.